The van der Waals surface area contributed by atoms with E-state index >= 15 is 0 Å². The molecule has 2 aromatic rings. The van der Waals surface area contributed by atoms with Crippen LogP contribution in [0, 0.1) is 11.6 Å². The summed E-state index contributed by atoms with van der Waals surface area (Å²) in [6.07, 6.45) is 1.63. The minimum absolute atomic E-state index is 0.107. The van der Waals surface area contributed by atoms with Crippen LogP contribution in [0.3, 0.4) is 0 Å². The molecule has 3 N–H and O–H groups in total. The van der Waals surface area contributed by atoms with E-state index in [-0.39, 0.29) is 11.9 Å². The minimum Gasteiger partial charge on any atom is -0.399 e. The number of likely N-dealkylation sites (tertiary alicyclic amines) is 1. The molecule has 25 heavy (non-hydrogen) atoms. The highest BCUT2D eigenvalue weighted by Gasteiger charge is 2.21. The van der Waals surface area contributed by atoms with Crippen LogP contribution in [-0.2, 0) is 6.54 Å². The zero-order valence-corrected chi connectivity index (χ0v) is 13.8. The van der Waals surface area contributed by atoms with Crippen LogP contribution >= 0.6 is 0 Å². The Kier molecular flexibility index (Phi) is 5.28. The number of nitrogens with zero attached hydrogens (tertiary/aromatic N) is 1. The molecular weight excluding hydrogens is 324 g/mol. The van der Waals surface area contributed by atoms with E-state index in [9.17, 15) is 13.6 Å². The fourth-order valence-electron chi connectivity index (χ4n) is 3.08. The van der Waals surface area contributed by atoms with Gasteiger partial charge in [0, 0.05) is 36.9 Å². The quantitative estimate of drug-likeness (QED) is 0.838. The first-order valence-corrected chi connectivity index (χ1v) is 8.34. The van der Waals surface area contributed by atoms with Crippen molar-refractivity contribution in [1.29, 1.82) is 0 Å². The number of halogens is 2. The summed E-state index contributed by atoms with van der Waals surface area (Å²) in [5, 5.41) is 3.03. The van der Waals surface area contributed by atoms with E-state index in [4.69, 9.17) is 5.73 Å². The Balaban J connectivity index is 1.50. The summed E-state index contributed by atoms with van der Waals surface area (Å²) in [6.45, 7) is 2.16. The average Bonchev–Trinajstić information content (AvgIpc) is 2.60. The number of anilines is 1. The third kappa shape index (κ3) is 4.54. The zero-order valence-electron chi connectivity index (χ0n) is 13.8. The van der Waals surface area contributed by atoms with Crippen LogP contribution in [0.4, 0.5) is 14.5 Å². The van der Waals surface area contributed by atoms with Gasteiger partial charge in [-0.15, -0.1) is 0 Å². The molecule has 1 fully saturated rings. The average molecular weight is 345 g/mol. The minimum atomic E-state index is -0.827. The van der Waals surface area contributed by atoms with Crippen molar-refractivity contribution in [1.82, 2.24) is 10.2 Å². The molecule has 1 amide bonds. The monoisotopic (exact) mass is 345 g/mol. The molecule has 0 bridgehead atoms. The molecule has 0 radical (unpaired) electrons. The first-order valence-electron chi connectivity index (χ1n) is 8.34. The SMILES string of the molecule is Nc1cccc(C(=O)NC2CCN(Cc3ccc(F)c(F)c3)CC2)c1. The number of piperidine rings is 1. The van der Waals surface area contributed by atoms with Gasteiger partial charge in [-0.05, 0) is 48.7 Å². The topological polar surface area (TPSA) is 58.4 Å². The van der Waals surface area contributed by atoms with Crippen molar-refractivity contribution in [2.45, 2.75) is 25.4 Å². The molecule has 0 unspecified atom stereocenters. The fraction of sp³-hybridized carbons (Fsp3) is 0.316. The van der Waals surface area contributed by atoms with E-state index in [1.807, 2.05) is 0 Å². The molecule has 1 saturated heterocycles. The number of benzene rings is 2. The zero-order chi connectivity index (χ0) is 17.8. The molecule has 0 aromatic heterocycles. The van der Waals surface area contributed by atoms with Crippen molar-refractivity contribution >= 4 is 11.6 Å². The summed E-state index contributed by atoms with van der Waals surface area (Å²) in [5.74, 6) is -1.76. The summed E-state index contributed by atoms with van der Waals surface area (Å²) in [5.41, 5.74) is 7.58. The molecule has 6 heteroatoms. The van der Waals surface area contributed by atoms with Crippen LogP contribution in [0.25, 0.3) is 0 Å². The lowest BCUT2D eigenvalue weighted by atomic mass is 10.0. The predicted molar refractivity (Wildman–Crippen MR) is 93.0 cm³/mol. The molecule has 0 saturated carbocycles. The molecule has 1 aliphatic heterocycles. The van der Waals surface area contributed by atoms with Crippen LogP contribution in [0.1, 0.15) is 28.8 Å². The maximum atomic E-state index is 13.3. The summed E-state index contributed by atoms with van der Waals surface area (Å²) >= 11 is 0. The van der Waals surface area contributed by atoms with Crippen molar-refractivity contribution in [2.24, 2.45) is 0 Å². The van der Waals surface area contributed by atoms with Gasteiger partial charge in [0.15, 0.2) is 11.6 Å². The van der Waals surface area contributed by atoms with E-state index in [1.54, 1.807) is 30.3 Å². The number of carbonyl (C=O) groups excluding carboxylic acids is 1. The predicted octanol–water partition coefficient (Wildman–Crippen LogP) is 2.94. The second-order valence-corrected chi connectivity index (χ2v) is 6.40. The number of nitrogens with two attached hydrogens (primary N) is 1. The van der Waals surface area contributed by atoms with Gasteiger partial charge >= 0.3 is 0 Å². The van der Waals surface area contributed by atoms with E-state index in [0.717, 1.165) is 37.6 Å². The van der Waals surface area contributed by atoms with Gasteiger partial charge < -0.3 is 11.1 Å². The van der Waals surface area contributed by atoms with Crippen molar-refractivity contribution in [3.8, 4) is 0 Å². The second kappa shape index (κ2) is 7.61. The van der Waals surface area contributed by atoms with Crippen LogP contribution in [0.2, 0.25) is 0 Å². The highest BCUT2D eigenvalue weighted by atomic mass is 19.2. The Morgan fingerprint density at radius 2 is 1.88 bits per heavy atom. The highest BCUT2D eigenvalue weighted by Crippen LogP contribution is 2.16. The molecule has 1 aliphatic rings. The highest BCUT2D eigenvalue weighted by molar-refractivity contribution is 5.95. The number of nitrogen functional groups attached to an aromatic ring is 1. The molecular formula is C19H21F2N3O. The third-order valence-corrected chi connectivity index (χ3v) is 4.46. The Hall–Kier alpha value is -2.47. The fourth-order valence-corrected chi connectivity index (χ4v) is 3.08. The number of nitrogens with one attached hydrogen (secondary N) is 1. The van der Waals surface area contributed by atoms with Gasteiger partial charge in [-0.2, -0.15) is 0 Å². The lowest BCUT2D eigenvalue weighted by Crippen LogP contribution is -2.44. The smallest absolute Gasteiger partial charge is 0.251 e. The molecule has 0 spiro atoms. The van der Waals surface area contributed by atoms with E-state index < -0.39 is 11.6 Å². The van der Waals surface area contributed by atoms with E-state index in [2.05, 4.69) is 10.2 Å². The van der Waals surface area contributed by atoms with Crippen molar-refractivity contribution in [3.05, 3.63) is 65.2 Å². The van der Waals surface area contributed by atoms with E-state index in [0.29, 0.717) is 17.8 Å². The first-order chi connectivity index (χ1) is 12.0. The van der Waals surface area contributed by atoms with Crippen LogP contribution in [-0.4, -0.2) is 29.9 Å². The first kappa shape index (κ1) is 17.4. The van der Waals surface area contributed by atoms with Crippen molar-refractivity contribution < 1.29 is 13.6 Å². The van der Waals surface area contributed by atoms with Gasteiger partial charge in [0.2, 0.25) is 0 Å². The number of carbonyl (C=O) groups is 1. The van der Waals surface area contributed by atoms with Gasteiger partial charge in [-0.25, -0.2) is 8.78 Å². The molecule has 4 nitrogen and oxygen atoms in total. The second-order valence-electron chi connectivity index (χ2n) is 6.40. The number of hydrogen-bond acceptors (Lipinski definition) is 3. The molecule has 132 valence electrons. The Labute approximate surface area is 145 Å². The summed E-state index contributed by atoms with van der Waals surface area (Å²) in [7, 11) is 0. The maximum absolute atomic E-state index is 13.3. The van der Waals surface area contributed by atoms with Crippen molar-refractivity contribution in [3.63, 3.8) is 0 Å². The van der Waals surface area contributed by atoms with Gasteiger partial charge in [-0.3, -0.25) is 9.69 Å². The lowest BCUT2D eigenvalue weighted by molar-refractivity contribution is 0.0909. The summed E-state index contributed by atoms with van der Waals surface area (Å²) < 4.78 is 26.3. The number of hydrogen-bond donors (Lipinski definition) is 2. The Bertz CT molecular complexity index is 758. The van der Waals surface area contributed by atoms with Gasteiger partial charge in [0.25, 0.3) is 5.91 Å². The molecule has 0 atom stereocenters. The van der Waals surface area contributed by atoms with Crippen LogP contribution in [0.15, 0.2) is 42.5 Å². The summed E-state index contributed by atoms with van der Waals surface area (Å²) in [6, 6.07) is 11.0. The van der Waals surface area contributed by atoms with Crippen molar-refractivity contribution in [2.75, 3.05) is 18.8 Å². The van der Waals surface area contributed by atoms with Crippen LogP contribution < -0.4 is 11.1 Å². The molecule has 1 heterocycles. The van der Waals surface area contributed by atoms with Gasteiger partial charge in [-0.1, -0.05) is 12.1 Å². The van der Waals surface area contributed by atoms with Crippen LogP contribution in [0.5, 0.6) is 0 Å². The van der Waals surface area contributed by atoms with E-state index in [1.165, 1.54) is 6.07 Å². The molecule has 2 aromatic carbocycles. The molecule has 0 aliphatic carbocycles. The number of rotatable bonds is 4. The normalized spacial score (nSPS) is 15.9. The largest absolute Gasteiger partial charge is 0.399 e. The number of amides is 1. The molecule has 3 rings (SSSR count). The third-order valence-electron chi connectivity index (χ3n) is 4.46. The van der Waals surface area contributed by atoms with Gasteiger partial charge in [0.05, 0.1) is 0 Å². The Morgan fingerprint density at radius 1 is 1.12 bits per heavy atom. The standard InChI is InChI=1S/C19H21F2N3O/c20-17-5-4-13(10-18(17)21)12-24-8-6-16(7-9-24)23-19(25)14-2-1-3-15(22)11-14/h1-5,10-11,16H,6-9,12,22H2,(H,23,25). The van der Waals surface area contributed by atoms with Gasteiger partial charge in [0.1, 0.15) is 0 Å². The maximum Gasteiger partial charge on any atom is 0.251 e. The Morgan fingerprint density at radius 3 is 2.56 bits per heavy atom. The lowest BCUT2D eigenvalue weighted by Gasteiger charge is -2.32. The summed E-state index contributed by atoms with van der Waals surface area (Å²) in [4.78, 5) is 14.4.